The molecular weight excluding hydrogens is 615 g/mol. The number of sulfonamides is 1. The number of carboxylic acids is 1. The number of fused-ring (bicyclic) bond motifs is 1. The predicted molar refractivity (Wildman–Crippen MR) is 171 cm³/mol. The number of aliphatic carboxylic acids is 1. The number of aryl methyl sites for hydroxylation is 1. The van der Waals surface area contributed by atoms with E-state index in [-0.39, 0.29) is 17.2 Å². The monoisotopic (exact) mass is 649 g/mol. The van der Waals surface area contributed by atoms with Crippen molar-refractivity contribution in [3.05, 3.63) is 125 Å². The van der Waals surface area contributed by atoms with Crippen LogP contribution in [-0.2, 0) is 38.5 Å². The second kappa shape index (κ2) is 11.7. The van der Waals surface area contributed by atoms with Crippen LogP contribution in [0.2, 0.25) is 0 Å². The normalized spacial score (nSPS) is 13.0. The van der Waals surface area contributed by atoms with Gasteiger partial charge in [-0.3, -0.25) is 4.79 Å². The van der Waals surface area contributed by atoms with Crippen molar-refractivity contribution in [2.24, 2.45) is 0 Å². The molecule has 1 heterocycles. The first-order chi connectivity index (χ1) is 21.4. The van der Waals surface area contributed by atoms with Gasteiger partial charge in [-0.1, -0.05) is 84.9 Å². The van der Waals surface area contributed by atoms with E-state index in [1.165, 1.54) is 18.2 Å². The Bertz CT molecular complexity index is 2030. The fourth-order valence-corrected chi connectivity index (χ4v) is 7.68. The number of alkyl halides is 3. The quantitative estimate of drug-likeness (QED) is 0.172. The van der Waals surface area contributed by atoms with E-state index >= 15 is 0 Å². The van der Waals surface area contributed by atoms with Crippen LogP contribution in [-0.4, -0.2) is 23.8 Å². The van der Waals surface area contributed by atoms with E-state index in [0.29, 0.717) is 27.5 Å². The third-order valence-electron chi connectivity index (χ3n) is 8.47. The van der Waals surface area contributed by atoms with Gasteiger partial charge < -0.3 is 9.52 Å². The van der Waals surface area contributed by atoms with E-state index in [2.05, 4.69) is 0 Å². The Morgan fingerprint density at radius 3 is 2.09 bits per heavy atom. The fraction of sp³-hybridized carbons (Fsp3) is 0.250. The van der Waals surface area contributed by atoms with Crippen molar-refractivity contribution in [3.63, 3.8) is 0 Å². The maximum Gasteiger partial charge on any atom is 0.449 e. The van der Waals surface area contributed by atoms with Gasteiger partial charge in [0.25, 0.3) is 0 Å². The lowest BCUT2D eigenvalue weighted by atomic mass is 9.83. The van der Waals surface area contributed by atoms with Crippen LogP contribution in [0.5, 0.6) is 0 Å². The van der Waals surface area contributed by atoms with Crippen LogP contribution in [0.3, 0.4) is 0 Å². The summed E-state index contributed by atoms with van der Waals surface area (Å²) in [6, 6.07) is 26.9. The first-order valence-corrected chi connectivity index (χ1v) is 16.0. The molecule has 1 aromatic heterocycles. The number of carboxylic acid groups (broad SMARTS) is 1. The van der Waals surface area contributed by atoms with Crippen molar-refractivity contribution in [2.45, 2.75) is 63.2 Å². The van der Waals surface area contributed by atoms with Gasteiger partial charge in [-0.15, -0.1) is 0 Å². The molecule has 0 radical (unpaired) electrons. The maximum atomic E-state index is 14.7. The number of hydrogen-bond donors (Lipinski definition) is 1. The van der Waals surface area contributed by atoms with E-state index in [0.717, 1.165) is 23.3 Å². The Labute approximate surface area is 266 Å². The first-order valence-electron chi connectivity index (χ1n) is 14.6. The van der Waals surface area contributed by atoms with Crippen molar-refractivity contribution in [1.82, 2.24) is 4.31 Å². The molecule has 0 atom stereocenters. The van der Waals surface area contributed by atoms with Crippen LogP contribution in [0, 0.1) is 6.92 Å². The number of nitrogens with zero attached hydrogens (tertiary/aromatic N) is 1. The highest BCUT2D eigenvalue weighted by atomic mass is 32.2. The molecule has 10 heteroatoms. The van der Waals surface area contributed by atoms with Crippen molar-refractivity contribution in [1.29, 1.82) is 0 Å². The molecule has 46 heavy (non-hydrogen) atoms. The Hall–Kier alpha value is -4.41. The first kappa shape index (κ1) is 33.0. The molecule has 0 spiro atoms. The summed E-state index contributed by atoms with van der Waals surface area (Å²) in [5.74, 6) is -2.33. The van der Waals surface area contributed by atoms with Crippen molar-refractivity contribution in [2.75, 3.05) is 0 Å². The topological polar surface area (TPSA) is 87.8 Å². The zero-order valence-corrected chi connectivity index (χ0v) is 26.8. The van der Waals surface area contributed by atoms with Gasteiger partial charge in [-0.25, -0.2) is 8.42 Å². The average molecular weight is 650 g/mol. The Morgan fingerprint density at radius 1 is 0.804 bits per heavy atom. The van der Waals surface area contributed by atoms with Gasteiger partial charge in [0.2, 0.25) is 15.8 Å². The van der Waals surface area contributed by atoms with Crippen LogP contribution >= 0.6 is 0 Å². The Morgan fingerprint density at radius 2 is 1.46 bits per heavy atom. The molecule has 0 bridgehead atoms. The Kier molecular flexibility index (Phi) is 8.42. The summed E-state index contributed by atoms with van der Waals surface area (Å²) in [5, 5.41) is 10.9. The van der Waals surface area contributed by atoms with Crippen molar-refractivity contribution < 1.29 is 35.9 Å². The molecule has 5 aromatic rings. The lowest BCUT2D eigenvalue weighted by molar-refractivity contribution is -0.154. The lowest BCUT2D eigenvalue weighted by Gasteiger charge is -2.36. The zero-order valence-electron chi connectivity index (χ0n) is 26.0. The number of hydrogen-bond acceptors (Lipinski definition) is 4. The van der Waals surface area contributed by atoms with Gasteiger partial charge in [0.1, 0.15) is 5.76 Å². The standard InChI is InChI=1S/C36H34F3NO5S/c1-23-13-16-26-9-6-7-12-29(26)32(23)46(43,44)40(35(4,5)30-19-20-31(45-30)36(37,38)39)22-24-14-17-25(18-15-24)27-10-8-11-28(21-27)34(2,3)33(41)42/h6-21H,22H2,1-5H3,(H,41,42). The molecule has 0 aliphatic carbocycles. The van der Waals surface area contributed by atoms with Gasteiger partial charge in [0.05, 0.1) is 15.8 Å². The summed E-state index contributed by atoms with van der Waals surface area (Å²) >= 11 is 0. The molecule has 6 nitrogen and oxygen atoms in total. The van der Waals surface area contributed by atoms with Gasteiger partial charge in [-0.05, 0) is 80.0 Å². The molecule has 0 aliphatic rings. The van der Waals surface area contributed by atoms with Crippen LogP contribution in [0.15, 0.2) is 106 Å². The lowest BCUT2D eigenvalue weighted by Crippen LogP contribution is -2.45. The molecule has 4 aromatic carbocycles. The molecule has 0 aliphatic heterocycles. The van der Waals surface area contributed by atoms with E-state index in [1.807, 2.05) is 12.1 Å². The minimum atomic E-state index is -4.74. The molecule has 0 amide bonds. The number of benzene rings is 4. The molecule has 5 rings (SSSR count). The van der Waals surface area contributed by atoms with Crippen LogP contribution < -0.4 is 0 Å². The van der Waals surface area contributed by atoms with E-state index < -0.39 is 38.9 Å². The summed E-state index contributed by atoms with van der Waals surface area (Å²) in [4.78, 5) is 11.9. The highest BCUT2D eigenvalue weighted by Crippen LogP contribution is 2.41. The maximum absolute atomic E-state index is 14.7. The summed E-state index contributed by atoms with van der Waals surface area (Å²) in [6.45, 7) is 7.81. The van der Waals surface area contributed by atoms with Crippen LogP contribution in [0.25, 0.3) is 21.9 Å². The number of furan rings is 1. The molecule has 0 unspecified atom stereocenters. The molecule has 240 valence electrons. The van der Waals surface area contributed by atoms with Gasteiger partial charge >= 0.3 is 12.1 Å². The number of rotatable bonds is 9. The van der Waals surface area contributed by atoms with Gasteiger partial charge in [0.15, 0.2) is 0 Å². The molecule has 0 fully saturated rings. The summed E-state index contributed by atoms with van der Waals surface area (Å²) in [5.41, 5.74) is 0.630. The summed E-state index contributed by atoms with van der Waals surface area (Å²) in [7, 11) is -4.34. The summed E-state index contributed by atoms with van der Waals surface area (Å²) < 4.78 is 76.3. The SMILES string of the molecule is Cc1ccc2ccccc2c1S(=O)(=O)N(Cc1ccc(-c2cccc(C(C)(C)C(=O)O)c2)cc1)C(C)(C)c1ccc(C(F)(F)F)o1. The number of carbonyl (C=O) groups is 1. The predicted octanol–water partition coefficient (Wildman–Crippen LogP) is 8.92. The van der Waals surface area contributed by atoms with E-state index in [4.69, 9.17) is 4.42 Å². The minimum absolute atomic E-state index is 0.0655. The van der Waals surface area contributed by atoms with Crippen LogP contribution in [0.4, 0.5) is 13.2 Å². The van der Waals surface area contributed by atoms with Crippen LogP contribution in [0.1, 0.15) is 55.9 Å². The van der Waals surface area contributed by atoms with Gasteiger partial charge in [-0.2, -0.15) is 17.5 Å². The Balaban J connectivity index is 1.60. The second-order valence-corrected chi connectivity index (χ2v) is 14.2. The highest BCUT2D eigenvalue weighted by Gasteiger charge is 2.44. The largest absolute Gasteiger partial charge is 0.481 e. The minimum Gasteiger partial charge on any atom is -0.481 e. The summed E-state index contributed by atoms with van der Waals surface area (Å²) in [6.07, 6.45) is -4.74. The number of halogens is 3. The molecule has 1 N–H and O–H groups in total. The van der Waals surface area contributed by atoms with E-state index in [9.17, 15) is 31.5 Å². The fourth-order valence-electron chi connectivity index (χ4n) is 5.51. The van der Waals surface area contributed by atoms with E-state index in [1.54, 1.807) is 93.6 Å². The van der Waals surface area contributed by atoms with Crippen molar-refractivity contribution >= 4 is 26.8 Å². The third kappa shape index (κ3) is 6.07. The molecule has 0 saturated carbocycles. The van der Waals surface area contributed by atoms with Gasteiger partial charge in [0, 0.05) is 11.9 Å². The average Bonchev–Trinajstić information content (AvgIpc) is 3.52. The van der Waals surface area contributed by atoms with Crippen molar-refractivity contribution in [3.8, 4) is 11.1 Å². The zero-order chi connectivity index (χ0) is 33.7. The smallest absolute Gasteiger partial charge is 0.449 e. The molecule has 0 saturated heterocycles. The third-order valence-corrected chi connectivity index (χ3v) is 10.7. The second-order valence-electron chi connectivity index (χ2n) is 12.4. The highest BCUT2D eigenvalue weighted by molar-refractivity contribution is 7.89. The molecular formula is C36H34F3NO5S.